The maximum absolute atomic E-state index is 11.9. The van der Waals surface area contributed by atoms with Gasteiger partial charge in [0, 0.05) is 17.8 Å². The third-order valence-electron chi connectivity index (χ3n) is 3.13. The largest absolute Gasteiger partial charge is 0.326 e. The topological polar surface area (TPSA) is 70.2 Å². The quantitative estimate of drug-likeness (QED) is 0.773. The van der Waals surface area contributed by atoms with Crippen LogP contribution >= 0.6 is 0 Å². The lowest BCUT2D eigenvalue weighted by Crippen LogP contribution is -2.35. The van der Waals surface area contributed by atoms with Crippen molar-refractivity contribution < 1.29 is 9.59 Å². The second-order valence-electron chi connectivity index (χ2n) is 4.62. The molecule has 1 saturated heterocycles. The second kappa shape index (κ2) is 6.33. The zero-order valence-corrected chi connectivity index (χ0v) is 11.0. The SMILES string of the molecule is CCC(=O)Nc1ccc(NC(=O)C2CCCN2)cc1. The van der Waals surface area contributed by atoms with E-state index in [-0.39, 0.29) is 17.9 Å². The lowest BCUT2D eigenvalue weighted by molar-refractivity contribution is -0.118. The van der Waals surface area contributed by atoms with E-state index in [0.717, 1.165) is 30.8 Å². The molecule has 1 aromatic rings. The highest BCUT2D eigenvalue weighted by molar-refractivity contribution is 5.95. The van der Waals surface area contributed by atoms with E-state index in [2.05, 4.69) is 16.0 Å². The molecule has 0 spiro atoms. The Balaban J connectivity index is 1.91. The van der Waals surface area contributed by atoms with Gasteiger partial charge in [-0.1, -0.05) is 6.92 Å². The Hall–Kier alpha value is -1.88. The Morgan fingerprint density at radius 1 is 1.21 bits per heavy atom. The first-order chi connectivity index (χ1) is 9.19. The molecule has 5 heteroatoms. The van der Waals surface area contributed by atoms with E-state index < -0.39 is 0 Å². The summed E-state index contributed by atoms with van der Waals surface area (Å²) in [5, 5.41) is 8.78. The Labute approximate surface area is 112 Å². The van der Waals surface area contributed by atoms with Crippen LogP contribution in [0.3, 0.4) is 0 Å². The number of benzene rings is 1. The van der Waals surface area contributed by atoms with Gasteiger partial charge in [-0.25, -0.2) is 0 Å². The van der Waals surface area contributed by atoms with Crippen molar-refractivity contribution in [3.8, 4) is 0 Å². The molecule has 1 fully saturated rings. The molecule has 0 aliphatic carbocycles. The number of hydrogen-bond acceptors (Lipinski definition) is 3. The standard InChI is InChI=1S/C14H19N3O2/c1-2-13(18)16-10-5-7-11(8-6-10)17-14(19)12-4-3-9-15-12/h5-8,12,15H,2-4,9H2,1H3,(H,16,18)(H,17,19). The molecule has 102 valence electrons. The fourth-order valence-electron chi connectivity index (χ4n) is 2.02. The van der Waals surface area contributed by atoms with E-state index in [9.17, 15) is 9.59 Å². The normalized spacial score (nSPS) is 18.1. The average Bonchev–Trinajstić information content (AvgIpc) is 2.95. The zero-order chi connectivity index (χ0) is 13.7. The summed E-state index contributed by atoms with van der Waals surface area (Å²) in [4.78, 5) is 23.1. The van der Waals surface area contributed by atoms with Gasteiger partial charge in [-0.2, -0.15) is 0 Å². The molecular weight excluding hydrogens is 242 g/mol. The van der Waals surface area contributed by atoms with Crippen molar-refractivity contribution in [3.63, 3.8) is 0 Å². The summed E-state index contributed by atoms with van der Waals surface area (Å²) in [6, 6.07) is 7.06. The van der Waals surface area contributed by atoms with Gasteiger partial charge in [0.05, 0.1) is 6.04 Å². The van der Waals surface area contributed by atoms with Crippen LogP contribution in [0.25, 0.3) is 0 Å². The first-order valence-electron chi connectivity index (χ1n) is 6.63. The van der Waals surface area contributed by atoms with Crippen LogP contribution < -0.4 is 16.0 Å². The van der Waals surface area contributed by atoms with Gasteiger partial charge in [-0.3, -0.25) is 9.59 Å². The van der Waals surface area contributed by atoms with Gasteiger partial charge in [0.15, 0.2) is 0 Å². The molecule has 1 aromatic carbocycles. The van der Waals surface area contributed by atoms with Crippen LogP contribution in [0.2, 0.25) is 0 Å². The van der Waals surface area contributed by atoms with Crippen molar-refractivity contribution in [2.24, 2.45) is 0 Å². The molecule has 1 atom stereocenters. The Kier molecular flexibility index (Phi) is 4.52. The summed E-state index contributed by atoms with van der Waals surface area (Å²) >= 11 is 0. The number of nitrogens with one attached hydrogen (secondary N) is 3. The smallest absolute Gasteiger partial charge is 0.241 e. The Morgan fingerprint density at radius 2 is 1.84 bits per heavy atom. The number of carbonyl (C=O) groups excluding carboxylic acids is 2. The van der Waals surface area contributed by atoms with E-state index in [1.807, 2.05) is 0 Å². The van der Waals surface area contributed by atoms with Gasteiger partial charge in [0.25, 0.3) is 0 Å². The molecule has 2 amide bonds. The van der Waals surface area contributed by atoms with E-state index in [4.69, 9.17) is 0 Å². The number of rotatable bonds is 4. The van der Waals surface area contributed by atoms with Crippen LogP contribution in [0.5, 0.6) is 0 Å². The molecule has 0 saturated carbocycles. The Morgan fingerprint density at radius 3 is 2.37 bits per heavy atom. The van der Waals surface area contributed by atoms with Gasteiger partial charge < -0.3 is 16.0 Å². The van der Waals surface area contributed by atoms with E-state index in [1.165, 1.54) is 0 Å². The number of carbonyl (C=O) groups is 2. The summed E-state index contributed by atoms with van der Waals surface area (Å²) in [6.07, 6.45) is 2.38. The molecule has 1 aliphatic rings. The van der Waals surface area contributed by atoms with Crippen LogP contribution in [0.1, 0.15) is 26.2 Å². The molecule has 0 bridgehead atoms. The second-order valence-corrected chi connectivity index (χ2v) is 4.62. The van der Waals surface area contributed by atoms with Crippen molar-refractivity contribution in [2.45, 2.75) is 32.2 Å². The summed E-state index contributed by atoms with van der Waals surface area (Å²) in [5.74, 6) is -0.0187. The van der Waals surface area contributed by atoms with Crippen molar-refractivity contribution in [1.29, 1.82) is 0 Å². The molecule has 0 aromatic heterocycles. The fourth-order valence-corrected chi connectivity index (χ4v) is 2.02. The van der Waals surface area contributed by atoms with Crippen LogP contribution in [0.4, 0.5) is 11.4 Å². The minimum absolute atomic E-state index is 0.00263. The summed E-state index contributed by atoms with van der Waals surface area (Å²) < 4.78 is 0. The van der Waals surface area contributed by atoms with Crippen LogP contribution in [0, 0.1) is 0 Å². The predicted octanol–water partition coefficient (Wildman–Crippen LogP) is 1.73. The fraction of sp³-hybridized carbons (Fsp3) is 0.429. The third kappa shape index (κ3) is 3.79. The van der Waals surface area contributed by atoms with Crippen molar-refractivity contribution in [3.05, 3.63) is 24.3 Å². The molecule has 1 aliphatic heterocycles. The summed E-state index contributed by atoms with van der Waals surface area (Å²) in [6.45, 7) is 2.71. The number of amides is 2. The molecule has 1 unspecified atom stereocenters. The third-order valence-corrected chi connectivity index (χ3v) is 3.13. The van der Waals surface area contributed by atoms with E-state index in [1.54, 1.807) is 31.2 Å². The van der Waals surface area contributed by atoms with E-state index in [0.29, 0.717) is 6.42 Å². The molecule has 3 N–H and O–H groups in total. The van der Waals surface area contributed by atoms with Crippen molar-refractivity contribution in [2.75, 3.05) is 17.2 Å². The maximum atomic E-state index is 11.9. The maximum Gasteiger partial charge on any atom is 0.241 e. The zero-order valence-electron chi connectivity index (χ0n) is 11.0. The van der Waals surface area contributed by atoms with Crippen molar-refractivity contribution in [1.82, 2.24) is 5.32 Å². The Bertz CT molecular complexity index is 450. The van der Waals surface area contributed by atoms with Gasteiger partial charge >= 0.3 is 0 Å². The molecule has 0 radical (unpaired) electrons. The molecule has 19 heavy (non-hydrogen) atoms. The minimum Gasteiger partial charge on any atom is -0.326 e. The van der Waals surface area contributed by atoms with Crippen LogP contribution in [-0.4, -0.2) is 24.4 Å². The van der Waals surface area contributed by atoms with Gasteiger partial charge in [0.1, 0.15) is 0 Å². The first kappa shape index (κ1) is 13.5. The van der Waals surface area contributed by atoms with Gasteiger partial charge in [0.2, 0.25) is 11.8 Å². The summed E-state index contributed by atoms with van der Waals surface area (Å²) in [7, 11) is 0. The highest BCUT2D eigenvalue weighted by Crippen LogP contribution is 2.15. The van der Waals surface area contributed by atoms with Crippen molar-refractivity contribution >= 4 is 23.2 Å². The van der Waals surface area contributed by atoms with Gasteiger partial charge in [-0.05, 0) is 43.7 Å². The van der Waals surface area contributed by atoms with Crippen LogP contribution in [0.15, 0.2) is 24.3 Å². The molecule has 2 rings (SSSR count). The highest BCUT2D eigenvalue weighted by Gasteiger charge is 2.21. The first-order valence-corrected chi connectivity index (χ1v) is 6.63. The van der Waals surface area contributed by atoms with E-state index >= 15 is 0 Å². The lowest BCUT2D eigenvalue weighted by Gasteiger charge is -2.11. The molecule has 1 heterocycles. The van der Waals surface area contributed by atoms with Gasteiger partial charge in [-0.15, -0.1) is 0 Å². The van der Waals surface area contributed by atoms with Crippen LogP contribution in [-0.2, 0) is 9.59 Å². The summed E-state index contributed by atoms with van der Waals surface area (Å²) in [5.41, 5.74) is 1.48. The average molecular weight is 261 g/mol. The molecule has 5 nitrogen and oxygen atoms in total. The number of anilines is 2. The predicted molar refractivity (Wildman–Crippen MR) is 75.0 cm³/mol. The monoisotopic (exact) mass is 261 g/mol. The molecular formula is C14H19N3O2. The minimum atomic E-state index is -0.0838. The lowest BCUT2D eigenvalue weighted by atomic mass is 10.2. The highest BCUT2D eigenvalue weighted by atomic mass is 16.2. The number of hydrogen-bond donors (Lipinski definition) is 3.